The quantitative estimate of drug-likeness (QED) is 0.437. The van der Waals surface area contributed by atoms with Crippen molar-refractivity contribution in [2.75, 3.05) is 13.2 Å². The second-order valence-electron chi connectivity index (χ2n) is 4.83. The maximum absolute atomic E-state index is 11.8. The Labute approximate surface area is 136 Å². The molecule has 0 heterocycles. The van der Waals surface area contributed by atoms with Gasteiger partial charge in [-0.2, -0.15) is 0 Å². The van der Waals surface area contributed by atoms with Gasteiger partial charge in [0.05, 0.1) is 6.61 Å². The first kappa shape index (κ1) is 18.1. The highest BCUT2D eigenvalue weighted by Gasteiger charge is 2.06. The summed E-state index contributed by atoms with van der Waals surface area (Å²) in [6.07, 6.45) is 3.83. The maximum Gasteiger partial charge on any atom is 0.302 e. The molecule has 0 aliphatic heterocycles. The minimum Gasteiger partial charge on any atom is -0.466 e. The van der Waals surface area contributed by atoms with Gasteiger partial charge in [0.1, 0.15) is 0 Å². The van der Waals surface area contributed by atoms with E-state index in [1.807, 2.05) is 6.07 Å². The number of nitrogens with one attached hydrogen (secondary N) is 2. The summed E-state index contributed by atoms with van der Waals surface area (Å²) in [4.78, 5) is 22.4. The summed E-state index contributed by atoms with van der Waals surface area (Å²) in [7, 11) is 0. The van der Waals surface area contributed by atoms with Crippen molar-refractivity contribution in [1.82, 2.24) is 10.6 Å². The summed E-state index contributed by atoms with van der Waals surface area (Å²) in [5.41, 5.74) is 0.581. The highest BCUT2D eigenvalue weighted by molar-refractivity contribution is 7.80. The Bertz CT molecular complexity index is 491. The van der Waals surface area contributed by atoms with Crippen molar-refractivity contribution < 1.29 is 14.3 Å². The molecule has 0 atom stereocenters. The topological polar surface area (TPSA) is 67.4 Å². The predicted octanol–water partition coefficient (Wildman–Crippen LogP) is 2.41. The van der Waals surface area contributed by atoms with Gasteiger partial charge in [0.2, 0.25) is 0 Å². The lowest BCUT2D eigenvalue weighted by molar-refractivity contribution is -0.141. The summed E-state index contributed by atoms with van der Waals surface area (Å²) in [6.45, 7) is 2.60. The van der Waals surface area contributed by atoms with Crippen molar-refractivity contribution in [2.24, 2.45) is 0 Å². The molecule has 0 aliphatic rings. The number of unbranched alkanes of at least 4 members (excludes halogenated alkanes) is 3. The first-order valence-electron chi connectivity index (χ1n) is 7.37. The van der Waals surface area contributed by atoms with E-state index < -0.39 is 0 Å². The Balaban J connectivity index is 2.04. The number of hydrogen-bond donors (Lipinski definition) is 2. The first-order valence-corrected chi connectivity index (χ1v) is 7.78. The Morgan fingerprint density at radius 1 is 1.09 bits per heavy atom. The van der Waals surface area contributed by atoms with Crippen LogP contribution in [0.2, 0.25) is 0 Å². The third-order valence-electron chi connectivity index (χ3n) is 2.93. The van der Waals surface area contributed by atoms with E-state index in [1.54, 1.807) is 24.3 Å². The molecule has 0 fully saturated rings. The van der Waals surface area contributed by atoms with Gasteiger partial charge in [0, 0.05) is 19.0 Å². The Morgan fingerprint density at radius 2 is 1.77 bits per heavy atom. The van der Waals surface area contributed by atoms with Crippen LogP contribution in [0.15, 0.2) is 30.3 Å². The summed E-state index contributed by atoms with van der Waals surface area (Å²) in [6, 6.07) is 8.94. The van der Waals surface area contributed by atoms with Gasteiger partial charge in [-0.05, 0) is 43.6 Å². The van der Waals surface area contributed by atoms with E-state index in [1.165, 1.54) is 6.92 Å². The molecule has 5 nitrogen and oxygen atoms in total. The summed E-state index contributed by atoms with van der Waals surface area (Å²) >= 11 is 5.08. The number of carbonyl (C=O) groups excluding carboxylic acids is 2. The van der Waals surface area contributed by atoms with Gasteiger partial charge in [0.25, 0.3) is 5.91 Å². The number of ether oxygens (including phenoxy) is 1. The molecule has 0 unspecified atom stereocenters. The van der Waals surface area contributed by atoms with E-state index in [0.717, 1.165) is 25.7 Å². The minimum atomic E-state index is -0.235. The Morgan fingerprint density at radius 3 is 2.45 bits per heavy atom. The van der Waals surface area contributed by atoms with Crippen LogP contribution in [0.3, 0.4) is 0 Å². The van der Waals surface area contributed by atoms with Gasteiger partial charge in [-0.1, -0.05) is 24.6 Å². The van der Waals surface area contributed by atoms with Crippen LogP contribution >= 0.6 is 12.2 Å². The van der Waals surface area contributed by atoms with Crippen molar-refractivity contribution in [3.8, 4) is 0 Å². The fourth-order valence-corrected chi connectivity index (χ4v) is 2.00. The molecule has 22 heavy (non-hydrogen) atoms. The monoisotopic (exact) mass is 322 g/mol. The minimum absolute atomic E-state index is 0.209. The SMILES string of the molecule is CC(=O)OCCCCCCNC(=S)NC(=O)c1ccccc1. The van der Waals surface area contributed by atoms with Crippen molar-refractivity contribution in [2.45, 2.75) is 32.6 Å². The molecular formula is C16H22N2O3S. The zero-order valence-electron chi connectivity index (χ0n) is 12.8. The van der Waals surface area contributed by atoms with Crippen LogP contribution in [-0.4, -0.2) is 30.1 Å². The van der Waals surface area contributed by atoms with Crippen molar-refractivity contribution in [3.63, 3.8) is 0 Å². The fraction of sp³-hybridized carbons (Fsp3) is 0.438. The van der Waals surface area contributed by atoms with Gasteiger partial charge in [-0.25, -0.2) is 0 Å². The third kappa shape index (κ3) is 8.36. The molecule has 1 aromatic carbocycles. The number of amides is 1. The molecule has 2 N–H and O–H groups in total. The zero-order chi connectivity index (χ0) is 16.2. The molecule has 0 spiro atoms. The van der Waals surface area contributed by atoms with Crippen molar-refractivity contribution >= 4 is 29.2 Å². The van der Waals surface area contributed by atoms with Gasteiger partial charge in [0.15, 0.2) is 5.11 Å². The third-order valence-corrected chi connectivity index (χ3v) is 3.17. The number of hydrogen-bond acceptors (Lipinski definition) is 4. The molecule has 1 aromatic rings. The van der Waals surface area contributed by atoms with Crippen LogP contribution < -0.4 is 10.6 Å². The Kier molecular flexibility index (Phi) is 8.83. The molecule has 0 bridgehead atoms. The van der Waals surface area contributed by atoms with Crippen molar-refractivity contribution in [1.29, 1.82) is 0 Å². The number of rotatable bonds is 8. The lowest BCUT2D eigenvalue weighted by atomic mass is 10.2. The molecule has 0 saturated heterocycles. The van der Waals surface area contributed by atoms with E-state index in [9.17, 15) is 9.59 Å². The van der Waals surface area contributed by atoms with Crippen LogP contribution in [0.4, 0.5) is 0 Å². The molecule has 1 amide bonds. The molecule has 120 valence electrons. The fourth-order valence-electron chi connectivity index (χ4n) is 1.81. The van der Waals surface area contributed by atoms with Gasteiger partial charge >= 0.3 is 5.97 Å². The summed E-state index contributed by atoms with van der Waals surface area (Å²) < 4.78 is 4.85. The van der Waals surface area contributed by atoms with Crippen molar-refractivity contribution in [3.05, 3.63) is 35.9 Å². The molecule has 0 saturated carbocycles. The van der Waals surface area contributed by atoms with E-state index >= 15 is 0 Å². The van der Waals surface area contributed by atoms with Crippen LogP contribution in [0.1, 0.15) is 43.0 Å². The molecule has 0 radical (unpaired) electrons. The summed E-state index contributed by atoms with van der Waals surface area (Å²) in [5, 5.41) is 5.99. The smallest absolute Gasteiger partial charge is 0.302 e. The highest BCUT2D eigenvalue weighted by atomic mass is 32.1. The maximum atomic E-state index is 11.8. The average Bonchev–Trinajstić information content (AvgIpc) is 2.50. The van der Waals surface area contributed by atoms with E-state index in [2.05, 4.69) is 10.6 Å². The Hall–Kier alpha value is -1.95. The summed E-state index contributed by atoms with van der Waals surface area (Å²) in [5.74, 6) is -0.444. The van der Waals surface area contributed by atoms with Crippen LogP contribution in [0.5, 0.6) is 0 Å². The molecule has 1 rings (SSSR count). The van der Waals surface area contributed by atoms with Crippen LogP contribution in [0.25, 0.3) is 0 Å². The predicted molar refractivity (Wildman–Crippen MR) is 89.6 cm³/mol. The number of esters is 1. The highest BCUT2D eigenvalue weighted by Crippen LogP contribution is 2.00. The largest absolute Gasteiger partial charge is 0.466 e. The van der Waals surface area contributed by atoms with E-state index in [0.29, 0.717) is 23.8 Å². The molecule has 0 aromatic heterocycles. The molecule has 6 heteroatoms. The van der Waals surface area contributed by atoms with Gasteiger partial charge in [-0.15, -0.1) is 0 Å². The van der Waals surface area contributed by atoms with Crippen LogP contribution in [-0.2, 0) is 9.53 Å². The second kappa shape index (κ2) is 10.7. The average molecular weight is 322 g/mol. The van der Waals surface area contributed by atoms with E-state index in [4.69, 9.17) is 17.0 Å². The molecule has 0 aliphatic carbocycles. The molecular weight excluding hydrogens is 300 g/mol. The standard InChI is InChI=1S/C16H22N2O3S/c1-13(19)21-12-8-3-2-7-11-17-16(22)18-15(20)14-9-5-4-6-10-14/h4-6,9-10H,2-3,7-8,11-12H2,1H3,(H2,17,18,20,22). The van der Waals surface area contributed by atoms with Gasteiger partial charge < -0.3 is 10.1 Å². The second-order valence-corrected chi connectivity index (χ2v) is 5.24. The van der Waals surface area contributed by atoms with E-state index in [-0.39, 0.29) is 11.9 Å². The number of carbonyl (C=O) groups is 2. The zero-order valence-corrected chi connectivity index (χ0v) is 13.6. The number of thiocarbonyl (C=S) groups is 1. The van der Waals surface area contributed by atoms with Crippen LogP contribution in [0, 0.1) is 0 Å². The van der Waals surface area contributed by atoms with Gasteiger partial charge in [-0.3, -0.25) is 14.9 Å². The lowest BCUT2D eigenvalue weighted by Gasteiger charge is -2.09. The lowest BCUT2D eigenvalue weighted by Crippen LogP contribution is -2.39. The normalized spacial score (nSPS) is 9.86. The number of benzene rings is 1. The first-order chi connectivity index (χ1) is 10.6.